The summed E-state index contributed by atoms with van der Waals surface area (Å²) in [5, 5.41) is 1.25. The first-order valence-electron chi connectivity index (χ1n) is 4.85. The van der Waals surface area contributed by atoms with Crippen LogP contribution in [-0.2, 0) is 7.05 Å². The Labute approximate surface area is 98.0 Å². The molecule has 0 aliphatic carbocycles. The third-order valence-electron chi connectivity index (χ3n) is 3.04. The van der Waals surface area contributed by atoms with Gasteiger partial charge in [-0.1, -0.05) is 15.9 Å². The minimum atomic E-state index is 0.915. The van der Waals surface area contributed by atoms with Crippen LogP contribution in [-0.4, -0.2) is 11.7 Å². The number of aromatic nitrogens is 1. The molecule has 0 aliphatic heterocycles. The van der Waals surface area contributed by atoms with E-state index in [0.717, 1.165) is 15.7 Å². The summed E-state index contributed by atoms with van der Waals surface area (Å²) in [5.74, 6) is 0.915. The lowest BCUT2D eigenvalue weighted by Crippen LogP contribution is -1.93. The van der Waals surface area contributed by atoms with E-state index in [4.69, 9.17) is 4.74 Å². The fourth-order valence-corrected chi connectivity index (χ4v) is 2.41. The zero-order chi connectivity index (χ0) is 11.2. The summed E-state index contributed by atoms with van der Waals surface area (Å²) in [7, 11) is 3.78. The monoisotopic (exact) mass is 267 g/mol. The molecule has 1 aromatic heterocycles. The summed E-state index contributed by atoms with van der Waals surface area (Å²) in [4.78, 5) is 0. The van der Waals surface area contributed by atoms with Crippen molar-refractivity contribution in [3.8, 4) is 5.75 Å². The Balaban J connectivity index is 2.96. The maximum absolute atomic E-state index is 5.41. The summed E-state index contributed by atoms with van der Waals surface area (Å²) < 4.78 is 8.64. The zero-order valence-corrected chi connectivity index (χ0v) is 11.0. The molecule has 0 saturated carbocycles. The average Bonchev–Trinajstić information content (AvgIpc) is 2.43. The van der Waals surface area contributed by atoms with Crippen LogP contribution in [0.25, 0.3) is 10.9 Å². The van der Waals surface area contributed by atoms with Crippen LogP contribution < -0.4 is 4.74 Å². The van der Waals surface area contributed by atoms with Crippen molar-refractivity contribution in [1.29, 1.82) is 0 Å². The second kappa shape index (κ2) is 3.56. The van der Waals surface area contributed by atoms with Crippen LogP contribution in [0.3, 0.4) is 0 Å². The molecule has 80 valence electrons. The number of rotatable bonds is 1. The zero-order valence-electron chi connectivity index (χ0n) is 9.39. The number of fused-ring (bicyclic) bond motifs is 1. The van der Waals surface area contributed by atoms with Gasteiger partial charge < -0.3 is 9.30 Å². The molecule has 0 spiro atoms. The molecule has 0 bridgehead atoms. The third-order valence-corrected chi connectivity index (χ3v) is 3.50. The fourth-order valence-electron chi connectivity index (χ4n) is 1.98. The molecule has 2 nitrogen and oxygen atoms in total. The van der Waals surface area contributed by atoms with Crippen LogP contribution >= 0.6 is 15.9 Å². The number of aryl methyl sites for hydroxylation is 2. The molecule has 15 heavy (non-hydrogen) atoms. The van der Waals surface area contributed by atoms with Crippen molar-refractivity contribution in [2.45, 2.75) is 13.8 Å². The molecule has 0 atom stereocenters. The second-order valence-electron chi connectivity index (χ2n) is 3.77. The predicted molar refractivity (Wildman–Crippen MR) is 66.6 cm³/mol. The fraction of sp³-hybridized carbons (Fsp3) is 0.333. The van der Waals surface area contributed by atoms with Crippen molar-refractivity contribution in [3.63, 3.8) is 0 Å². The van der Waals surface area contributed by atoms with Gasteiger partial charge in [-0.25, -0.2) is 0 Å². The van der Waals surface area contributed by atoms with E-state index >= 15 is 0 Å². The molecule has 0 N–H and O–H groups in total. The van der Waals surface area contributed by atoms with Gasteiger partial charge in [-0.3, -0.25) is 0 Å². The first kappa shape index (κ1) is 10.6. The van der Waals surface area contributed by atoms with Gasteiger partial charge >= 0.3 is 0 Å². The van der Waals surface area contributed by atoms with E-state index < -0.39 is 0 Å². The molecule has 2 rings (SSSR count). The normalized spacial score (nSPS) is 11.0. The molecule has 0 fully saturated rings. The Morgan fingerprint density at radius 3 is 2.53 bits per heavy atom. The lowest BCUT2D eigenvalue weighted by atomic mass is 10.1. The molecule has 0 amide bonds. The molecule has 2 aromatic rings. The number of ether oxygens (including phenoxy) is 1. The van der Waals surface area contributed by atoms with E-state index in [1.807, 2.05) is 6.07 Å². The van der Waals surface area contributed by atoms with E-state index in [-0.39, 0.29) is 0 Å². The van der Waals surface area contributed by atoms with E-state index in [0.29, 0.717) is 0 Å². The lowest BCUT2D eigenvalue weighted by Gasteiger charge is -2.06. The van der Waals surface area contributed by atoms with Crippen molar-refractivity contribution in [2.24, 2.45) is 7.05 Å². The molecule has 3 heteroatoms. The molecule has 0 saturated heterocycles. The summed E-state index contributed by atoms with van der Waals surface area (Å²) in [6.45, 7) is 4.27. The second-order valence-corrected chi connectivity index (χ2v) is 4.69. The first-order chi connectivity index (χ1) is 7.06. The highest BCUT2D eigenvalue weighted by Crippen LogP contribution is 2.34. The first-order valence-corrected chi connectivity index (χ1v) is 5.64. The van der Waals surface area contributed by atoms with Crippen molar-refractivity contribution in [1.82, 2.24) is 4.57 Å². The summed E-state index contributed by atoms with van der Waals surface area (Å²) >= 11 is 3.50. The number of hydrogen-bond acceptors (Lipinski definition) is 1. The Morgan fingerprint density at radius 1 is 1.27 bits per heavy atom. The highest BCUT2D eigenvalue weighted by atomic mass is 79.9. The minimum Gasteiger partial charge on any atom is -0.495 e. The van der Waals surface area contributed by atoms with E-state index in [1.54, 1.807) is 7.11 Å². The van der Waals surface area contributed by atoms with E-state index in [1.165, 1.54) is 16.6 Å². The van der Waals surface area contributed by atoms with Gasteiger partial charge in [0.05, 0.1) is 12.6 Å². The Morgan fingerprint density at radius 2 is 1.93 bits per heavy atom. The Hall–Kier alpha value is -0.960. The molecule has 1 heterocycles. The van der Waals surface area contributed by atoms with Crippen LogP contribution in [0.1, 0.15) is 11.3 Å². The summed E-state index contributed by atoms with van der Waals surface area (Å²) in [5.41, 5.74) is 3.75. The van der Waals surface area contributed by atoms with E-state index in [2.05, 4.69) is 47.5 Å². The predicted octanol–water partition coefficient (Wildman–Crippen LogP) is 3.57. The van der Waals surface area contributed by atoms with E-state index in [9.17, 15) is 0 Å². The van der Waals surface area contributed by atoms with Crippen LogP contribution in [0, 0.1) is 13.8 Å². The topological polar surface area (TPSA) is 14.2 Å². The molecule has 0 radical (unpaired) electrons. The Kier molecular flexibility index (Phi) is 2.51. The summed E-state index contributed by atoms with van der Waals surface area (Å²) in [6, 6.07) is 4.14. The maximum Gasteiger partial charge on any atom is 0.144 e. The van der Waals surface area contributed by atoms with Gasteiger partial charge in [0.2, 0.25) is 0 Å². The van der Waals surface area contributed by atoms with Gasteiger partial charge in [-0.05, 0) is 31.5 Å². The largest absolute Gasteiger partial charge is 0.495 e. The van der Waals surface area contributed by atoms with Gasteiger partial charge in [-0.2, -0.15) is 0 Å². The number of nitrogens with zero attached hydrogens (tertiary/aromatic N) is 1. The molecule has 1 aromatic carbocycles. The van der Waals surface area contributed by atoms with Crippen molar-refractivity contribution in [2.75, 3.05) is 7.11 Å². The highest BCUT2D eigenvalue weighted by molar-refractivity contribution is 9.10. The third kappa shape index (κ3) is 1.46. The number of hydrogen-bond donors (Lipinski definition) is 0. The van der Waals surface area contributed by atoms with Gasteiger partial charge in [-0.15, -0.1) is 0 Å². The van der Waals surface area contributed by atoms with Crippen molar-refractivity contribution >= 4 is 26.8 Å². The standard InChI is InChI=1S/C12H14BrNO/c1-7-8(2)14(3)12-10(7)5-9(13)6-11(12)15-4/h5-6H,1-4H3. The quantitative estimate of drug-likeness (QED) is 0.771. The van der Waals surface area contributed by atoms with Crippen LogP contribution in [0.4, 0.5) is 0 Å². The van der Waals surface area contributed by atoms with Gasteiger partial charge in [0.25, 0.3) is 0 Å². The molecular formula is C12H14BrNO. The number of halogens is 1. The smallest absolute Gasteiger partial charge is 0.144 e. The molecule has 0 unspecified atom stereocenters. The molecular weight excluding hydrogens is 254 g/mol. The highest BCUT2D eigenvalue weighted by Gasteiger charge is 2.13. The summed E-state index contributed by atoms with van der Waals surface area (Å²) in [6.07, 6.45) is 0. The minimum absolute atomic E-state index is 0.915. The van der Waals surface area contributed by atoms with Gasteiger partial charge in [0, 0.05) is 22.6 Å². The SMILES string of the molecule is COc1cc(Br)cc2c(C)c(C)n(C)c12. The maximum atomic E-state index is 5.41. The lowest BCUT2D eigenvalue weighted by molar-refractivity contribution is 0.417. The van der Waals surface area contributed by atoms with Crippen LogP contribution in [0.15, 0.2) is 16.6 Å². The van der Waals surface area contributed by atoms with Crippen molar-refractivity contribution in [3.05, 3.63) is 27.9 Å². The van der Waals surface area contributed by atoms with Crippen LogP contribution in [0.5, 0.6) is 5.75 Å². The van der Waals surface area contributed by atoms with Gasteiger partial charge in [0.15, 0.2) is 0 Å². The van der Waals surface area contributed by atoms with Crippen LogP contribution in [0.2, 0.25) is 0 Å². The van der Waals surface area contributed by atoms with Gasteiger partial charge in [0.1, 0.15) is 5.75 Å². The number of methoxy groups -OCH3 is 1. The Bertz CT molecular complexity index is 528. The molecule has 0 aliphatic rings. The average molecular weight is 268 g/mol. The van der Waals surface area contributed by atoms with Crippen molar-refractivity contribution < 1.29 is 4.74 Å². The number of benzene rings is 1.